The molecule has 0 aliphatic carbocycles. The Hall–Kier alpha value is -2.44. The third kappa shape index (κ3) is 5.34. The van der Waals surface area contributed by atoms with Gasteiger partial charge in [0.25, 0.3) is 0 Å². The van der Waals surface area contributed by atoms with E-state index < -0.39 is 18.0 Å². The van der Waals surface area contributed by atoms with Crippen molar-refractivity contribution in [3.8, 4) is 17.2 Å². The van der Waals surface area contributed by atoms with Crippen LogP contribution in [0.4, 0.5) is 0 Å². The molecule has 0 bridgehead atoms. The van der Waals surface area contributed by atoms with Crippen LogP contribution in [-0.4, -0.2) is 37.0 Å². The Morgan fingerprint density at radius 2 is 1.97 bits per heavy atom. The van der Waals surface area contributed by atoms with Gasteiger partial charge in [0.1, 0.15) is 19.0 Å². The molecule has 7 heteroatoms. The van der Waals surface area contributed by atoms with Crippen molar-refractivity contribution < 1.29 is 28.8 Å². The molecule has 0 fully saturated rings. The van der Waals surface area contributed by atoms with Crippen LogP contribution in [-0.2, 0) is 9.53 Å². The molecule has 2 unspecified atom stereocenters. The van der Waals surface area contributed by atoms with Crippen molar-refractivity contribution >= 4 is 17.6 Å². The van der Waals surface area contributed by atoms with Gasteiger partial charge < -0.3 is 24.1 Å². The van der Waals surface area contributed by atoms with Gasteiger partial charge in [-0.25, -0.2) is 0 Å². The fraction of sp³-hybridized carbons (Fsp3) is 0.409. The summed E-state index contributed by atoms with van der Waals surface area (Å²) in [5, 5.41) is 10.0. The normalized spacial score (nSPS) is 17.4. The molecule has 2 aromatic rings. The largest absolute Gasteiger partial charge is 0.490 e. The minimum atomic E-state index is -0.860. The first-order chi connectivity index (χ1) is 14.0. The van der Waals surface area contributed by atoms with Gasteiger partial charge in [-0.2, -0.15) is 0 Å². The van der Waals surface area contributed by atoms with Crippen LogP contribution in [0, 0.1) is 5.92 Å². The number of rotatable bonds is 9. The van der Waals surface area contributed by atoms with E-state index >= 15 is 0 Å². The van der Waals surface area contributed by atoms with Crippen molar-refractivity contribution in [1.82, 2.24) is 0 Å². The topological polar surface area (TPSA) is 74.2 Å². The Kier molecular flexibility index (Phi) is 7.23. The fourth-order valence-electron chi connectivity index (χ4n) is 3.26. The lowest BCUT2D eigenvalue weighted by Crippen LogP contribution is -2.34. The maximum Gasteiger partial charge on any atom is 0.309 e. The van der Waals surface area contributed by atoms with Crippen LogP contribution in [0.5, 0.6) is 17.2 Å². The van der Waals surface area contributed by atoms with Crippen LogP contribution in [0.3, 0.4) is 0 Å². The molecule has 3 atom stereocenters. The maximum atomic E-state index is 11.5. The van der Waals surface area contributed by atoms with Crippen LogP contribution in [0.15, 0.2) is 42.5 Å². The Balaban J connectivity index is 1.61. The highest BCUT2D eigenvalue weighted by atomic mass is 35.5. The zero-order valence-corrected chi connectivity index (χ0v) is 17.2. The first kappa shape index (κ1) is 21.3. The molecule has 6 nitrogen and oxygen atoms in total. The average molecular weight is 421 g/mol. The number of carbonyl (C=O) groups is 1. The number of aliphatic carboxylic acids is 1. The smallest absolute Gasteiger partial charge is 0.309 e. The molecule has 0 saturated carbocycles. The lowest BCUT2D eigenvalue weighted by atomic mass is 9.93. The van der Waals surface area contributed by atoms with Gasteiger partial charge in [-0.3, -0.25) is 4.79 Å². The van der Waals surface area contributed by atoms with Crippen molar-refractivity contribution in [1.29, 1.82) is 0 Å². The second-order valence-electron chi connectivity index (χ2n) is 6.75. The van der Waals surface area contributed by atoms with Gasteiger partial charge in [0.15, 0.2) is 17.6 Å². The van der Waals surface area contributed by atoms with E-state index in [0.717, 1.165) is 5.56 Å². The quantitative estimate of drug-likeness (QED) is 0.631. The summed E-state index contributed by atoms with van der Waals surface area (Å²) < 4.78 is 23.1. The number of hydrogen-bond donors (Lipinski definition) is 1. The number of benzene rings is 2. The van der Waals surface area contributed by atoms with Gasteiger partial charge in [-0.15, -0.1) is 0 Å². The van der Waals surface area contributed by atoms with Crippen molar-refractivity contribution in [3.05, 3.63) is 53.1 Å². The SMILES string of the molecule is CCOC(c1ccc(OC[C@H]2COc3ccc(Cl)cc3O2)cc1)C(CC)C(=O)O. The lowest BCUT2D eigenvalue weighted by Gasteiger charge is -2.26. The number of ether oxygens (including phenoxy) is 4. The second kappa shape index (κ2) is 9.85. The van der Waals surface area contributed by atoms with Crippen molar-refractivity contribution in [2.75, 3.05) is 19.8 Å². The molecule has 0 saturated heterocycles. The lowest BCUT2D eigenvalue weighted by molar-refractivity contribution is -0.148. The third-order valence-corrected chi connectivity index (χ3v) is 4.97. The number of hydrogen-bond acceptors (Lipinski definition) is 5. The summed E-state index contributed by atoms with van der Waals surface area (Å²) in [5.74, 6) is 0.475. The number of carboxylic acid groups (broad SMARTS) is 1. The molecule has 1 N–H and O–H groups in total. The van der Waals surface area contributed by atoms with Gasteiger partial charge in [0, 0.05) is 17.7 Å². The summed E-state index contributed by atoms with van der Waals surface area (Å²) in [6.45, 7) is 4.84. The van der Waals surface area contributed by atoms with E-state index in [1.165, 1.54) is 0 Å². The van der Waals surface area contributed by atoms with E-state index in [9.17, 15) is 9.90 Å². The van der Waals surface area contributed by atoms with Crippen LogP contribution in [0.25, 0.3) is 0 Å². The second-order valence-corrected chi connectivity index (χ2v) is 7.19. The highest BCUT2D eigenvalue weighted by Gasteiger charge is 2.28. The predicted octanol–water partition coefficient (Wildman–Crippen LogP) is 4.75. The molecule has 29 heavy (non-hydrogen) atoms. The number of carboxylic acids is 1. The highest BCUT2D eigenvalue weighted by molar-refractivity contribution is 6.30. The van der Waals surface area contributed by atoms with Crippen LogP contribution >= 0.6 is 11.6 Å². The Bertz CT molecular complexity index is 823. The molecule has 0 aromatic heterocycles. The molecule has 0 amide bonds. The number of halogens is 1. The predicted molar refractivity (Wildman–Crippen MR) is 109 cm³/mol. The van der Waals surface area contributed by atoms with Gasteiger partial charge in [-0.05, 0) is 43.2 Å². The third-order valence-electron chi connectivity index (χ3n) is 4.74. The maximum absolute atomic E-state index is 11.5. The highest BCUT2D eigenvalue weighted by Crippen LogP contribution is 2.34. The van der Waals surface area contributed by atoms with Gasteiger partial charge >= 0.3 is 5.97 Å². The zero-order valence-electron chi connectivity index (χ0n) is 16.5. The minimum Gasteiger partial charge on any atom is -0.490 e. The Morgan fingerprint density at radius 1 is 1.21 bits per heavy atom. The van der Waals surface area contributed by atoms with E-state index in [2.05, 4.69) is 0 Å². The van der Waals surface area contributed by atoms with Crippen LogP contribution in [0.1, 0.15) is 31.9 Å². The van der Waals surface area contributed by atoms with E-state index in [1.54, 1.807) is 18.2 Å². The Labute approximate surface area is 175 Å². The molecule has 156 valence electrons. The van der Waals surface area contributed by atoms with Crippen molar-refractivity contribution in [3.63, 3.8) is 0 Å². The first-order valence-electron chi connectivity index (χ1n) is 9.68. The van der Waals surface area contributed by atoms with E-state index in [1.807, 2.05) is 38.1 Å². The van der Waals surface area contributed by atoms with Crippen molar-refractivity contribution in [2.24, 2.45) is 5.92 Å². The average Bonchev–Trinajstić information content (AvgIpc) is 2.72. The van der Waals surface area contributed by atoms with E-state index in [4.69, 9.17) is 30.5 Å². The molecule has 1 aliphatic heterocycles. The van der Waals surface area contributed by atoms with Gasteiger partial charge in [0.05, 0.1) is 12.0 Å². The fourth-order valence-corrected chi connectivity index (χ4v) is 3.42. The monoisotopic (exact) mass is 420 g/mol. The molecule has 0 radical (unpaired) electrons. The summed E-state index contributed by atoms with van der Waals surface area (Å²) in [6, 6.07) is 12.6. The van der Waals surface area contributed by atoms with Crippen molar-refractivity contribution in [2.45, 2.75) is 32.5 Å². The molecule has 3 rings (SSSR count). The van der Waals surface area contributed by atoms with Crippen LogP contribution < -0.4 is 14.2 Å². The summed E-state index contributed by atoms with van der Waals surface area (Å²) in [5.41, 5.74) is 0.814. The molecule has 0 spiro atoms. The minimum absolute atomic E-state index is 0.256. The van der Waals surface area contributed by atoms with Crippen LogP contribution in [0.2, 0.25) is 5.02 Å². The number of fused-ring (bicyclic) bond motifs is 1. The van der Waals surface area contributed by atoms with E-state index in [-0.39, 0.29) is 6.10 Å². The molecular weight excluding hydrogens is 396 g/mol. The molecule has 1 heterocycles. The first-order valence-corrected chi connectivity index (χ1v) is 10.1. The summed E-state index contributed by atoms with van der Waals surface area (Å²) in [7, 11) is 0. The molecule has 2 aromatic carbocycles. The van der Waals surface area contributed by atoms with Gasteiger partial charge in [0.2, 0.25) is 0 Å². The summed E-state index contributed by atoms with van der Waals surface area (Å²) in [4.78, 5) is 11.5. The molecule has 1 aliphatic rings. The zero-order chi connectivity index (χ0) is 20.8. The summed E-state index contributed by atoms with van der Waals surface area (Å²) >= 11 is 6.00. The van der Waals surface area contributed by atoms with Gasteiger partial charge in [-0.1, -0.05) is 30.7 Å². The standard InChI is InChI=1S/C22H25ClO6/c1-3-18(22(24)25)21(26-4-2)14-5-8-16(9-6-14)27-12-17-13-28-19-10-7-15(23)11-20(19)29-17/h5-11,17-18,21H,3-4,12-13H2,1-2H3,(H,24,25)/t17-,18?,21?/m0/s1. The Morgan fingerprint density at radius 3 is 2.62 bits per heavy atom. The molecular formula is C22H25ClO6. The van der Waals surface area contributed by atoms with E-state index in [0.29, 0.717) is 48.5 Å². The summed E-state index contributed by atoms with van der Waals surface area (Å²) in [6.07, 6.45) is -0.260.